The number of hydrogen-bond donors (Lipinski definition) is 1. The minimum absolute atomic E-state index is 0.168. The third kappa shape index (κ3) is 3.96. The summed E-state index contributed by atoms with van der Waals surface area (Å²) in [6, 6.07) is 16.9. The van der Waals surface area contributed by atoms with Gasteiger partial charge in [0, 0.05) is 0 Å². The molecule has 0 radical (unpaired) electrons. The van der Waals surface area contributed by atoms with E-state index in [0.29, 0.717) is 0 Å². The SMILES string of the molecule is CC(C)(C)[PH]([Pd-]([Cl])[c]1ccccc1-c1ccccc1N)(C(C)(C)C)C(C)(C)C. The van der Waals surface area contributed by atoms with Gasteiger partial charge in [-0.3, -0.25) is 0 Å². The van der Waals surface area contributed by atoms with Crippen LogP contribution < -0.4 is 9.77 Å². The van der Waals surface area contributed by atoms with Gasteiger partial charge in [-0.05, 0) is 0 Å². The predicted molar refractivity (Wildman–Crippen MR) is 129 cm³/mol. The van der Waals surface area contributed by atoms with Crippen molar-refractivity contribution in [2.45, 2.75) is 77.8 Å². The second-order valence-corrected chi connectivity index (χ2v) is 26.1. The predicted octanol–water partition coefficient (Wildman–Crippen LogP) is 7.39. The van der Waals surface area contributed by atoms with Gasteiger partial charge in [-0.2, -0.15) is 0 Å². The Kier molecular flexibility index (Phi) is 6.86. The van der Waals surface area contributed by atoms with E-state index in [4.69, 9.17) is 15.3 Å². The Morgan fingerprint density at radius 1 is 0.679 bits per heavy atom. The fourth-order valence-electron chi connectivity index (χ4n) is 5.65. The van der Waals surface area contributed by atoms with Crippen LogP contribution in [0.3, 0.4) is 0 Å². The fraction of sp³-hybridized carbons (Fsp3) is 0.500. The van der Waals surface area contributed by atoms with Crippen LogP contribution >= 0.6 is 15.0 Å². The van der Waals surface area contributed by atoms with Crippen molar-refractivity contribution in [2.24, 2.45) is 0 Å². The van der Waals surface area contributed by atoms with E-state index in [9.17, 15) is 0 Å². The molecule has 28 heavy (non-hydrogen) atoms. The number of benzene rings is 2. The van der Waals surface area contributed by atoms with E-state index in [0.717, 1.165) is 11.3 Å². The van der Waals surface area contributed by atoms with E-state index in [2.05, 4.69) is 98.7 Å². The summed E-state index contributed by atoms with van der Waals surface area (Å²) in [5.74, 6) is 0. The van der Waals surface area contributed by atoms with Crippen LogP contribution in [0.1, 0.15) is 62.3 Å². The maximum atomic E-state index is 7.73. The molecule has 0 atom stereocenters. The number of anilines is 1. The molecule has 4 heteroatoms. The van der Waals surface area contributed by atoms with Gasteiger partial charge in [0.1, 0.15) is 0 Å². The molecule has 0 heterocycles. The number of para-hydroxylation sites is 1. The Balaban J connectivity index is 2.86. The van der Waals surface area contributed by atoms with Gasteiger partial charge in [-0.15, -0.1) is 0 Å². The summed E-state index contributed by atoms with van der Waals surface area (Å²) in [4.78, 5) is 0. The molecule has 2 aromatic rings. The fourth-order valence-corrected chi connectivity index (χ4v) is 37.1. The first kappa shape index (κ1) is 23.9. The maximum absolute atomic E-state index is 7.73. The molecule has 0 aliphatic rings. The molecule has 1 nitrogen and oxygen atoms in total. The van der Waals surface area contributed by atoms with Crippen molar-refractivity contribution < 1.29 is 15.2 Å². The summed E-state index contributed by atoms with van der Waals surface area (Å²) in [7, 11) is 7.73. The summed E-state index contributed by atoms with van der Waals surface area (Å²) in [5.41, 5.74) is 7.42. The first-order valence-electron chi connectivity index (χ1n) is 9.88. The van der Waals surface area contributed by atoms with Gasteiger partial charge in [-0.1, -0.05) is 0 Å². The Morgan fingerprint density at radius 2 is 1.07 bits per heavy atom. The number of rotatable bonds is 3. The Bertz CT molecular complexity index is 791. The van der Waals surface area contributed by atoms with Gasteiger partial charge >= 0.3 is 183 Å². The molecule has 2 N–H and O–H groups in total. The molecule has 0 saturated heterocycles. The molecule has 0 aliphatic heterocycles. The van der Waals surface area contributed by atoms with Crippen LogP contribution in [0.5, 0.6) is 0 Å². The van der Waals surface area contributed by atoms with E-state index in [1.807, 2.05) is 12.1 Å². The molecule has 0 bridgehead atoms. The van der Waals surface area contributed by atoms with Crippen LogP contribution in [-0.2, 0) is 15.2 Å². The first-order chi connectivity index (χ1) is 12.7. The van der Waals surface area contributed by atoms with Crippen molar-refractivity contribution in [1.29, 1.82) is 0 Å². The number of nitrogens with two attached hydrogens (primary N) is 1. The number of nitrogen functional groups attached to an aromatic ring is 1. The van der Waals surface area contributed by atoms with Crippen LogP contribution in [0.15, 0.2) is 48.5 Å². The third-order valence-corrected chi connectivity index (χ3v) is 31.7. The molecule has 0 aliphatic carbocycles. The van der Waals surface area contributed by atoms with E-state index >= 15 is 0 Å². The molecule has 0 aromatic heterocycles. The standard InChI is InChI=1S/C12H10N.C12H27P.ClH.Pd/c13-12-9-5-4-8-11(12)10-6-2-1-3-7-10;1-10(2,3)13(11(4,5)6)12(7,8)9;;/h1-6,8-9H,13H2;1-9H3;1H;/q;;;-1. The van der Waals surface area contributed by atoms with Crippen LogP contribution in [-0.4, -0.2) is 15.5 Å². The molecule has 0 amide bonds. The van der Waals surface area contributed by atoms with Crippen molar-refractivity contribution in [3.63, 3.8) is 0 Å². The van der Waals surface area contributed by atoms with Crippen LogP contribution in [0.25, 0.3) is 11.1 Å². The Labute approximate surface area is 182 Å². The van der Waals surface area contributed by atoms with E-state index in [-0.39, 0.29) is 15.5 Å². The number of halogens is 1. The second-order valence-electron chi connectivity index (χ2n) is 10.6. The summed E-state index contributed by atoms with van der Waals surface area (Å²) in [5, 5.41) is 0.505. The molecule has 0 fully saturated rings. The minimum atomic E-state index is -2.08. The summed E-state index contributed by atoms with van der Waals surface area (Å²) in [6.45, 7) is 21.8. The van der Waals surface area contributed by atoms with Crippen molar-refractivity contribution >= 4 is 24.7 Å². The Hall–Kier alpha value is -0.378. The molecule has 0 spiro atoms. The van der Waals surface area contributed by atoms with E-state index < -0.39 is 20.7 Å². The topological polar surface area (TPSA) is 26.0 Å². The zero-order valence-corrected chi connectivity index (χ0v) is 22.2. The van der Waals surface area contributed by atoms with Gasteiger partial charge in [-0.25, -0.2) is 0 Å². The normalized spacial score (nSPS) is 14.7. The summed E-state index contributed by atoms with van der Waals surface area (Å²) < 4.78 is 1.33. The second kappa shape index (κ2) is 8.04. The Morgan fingerprint density at radius 3 is 1.50 bits per heavy atom. The van der Waals surface area contributed by atoms with Gasteiger partial charge < -0.3 is 0 Å². The van der Waals surface area contributed by atoms with Crippen LogP contribution in [0.2, 0.25) is 0 Å². The quantitative estimate of drug-likeness (QED) is 0.259. The third-order valence-electron chi connectivity index (χ3n) is 5.42. The van der Waals surface area contributed by atoms with E-state index in [1.165, 1.54) is 9.60 Å². The molecule has 0 unspecified atom stereocenters. The average Bonchev–Trinajstić information content (AvgIpc) is 2.51. The molecular weight excluding hydrogens is 475 g/mol. The summed E-state index contributed by atoms with van der Waals surface area (Å²) in [6.07, 6.45) is 0. The van der Waals surface area contributed by atoms with Gasteiger partial charge in [0.15, 0.2) is 0 Å². The average molecular weight is 513 g/mol. The molecule has 0 saturated carbocycles. The molecule has 2 aromatic carbocycles. The van der Waals surface area contributed by atoms with Crippen molar-refractivity contribution in [3.05, 3.63) is 48.5 Å². The molecule has 162 valence electrons. The van der Waals surface area contributed by atoms with Gasteiger partial charge in [0.2, 0.25) is 0 Å². The van der Waals surface area contributed by atoms with Gasteiger partial charge in [0.25, 0.3) is 0 Å². The van der Waals surface area contributed by atoms with Crippen LogP contribution in [0.4, 0.5) is 5.69 Å². The zero-order valence-electron chi connectivity index (χ0n) is 18.9. The first-order valence-corrected chi connectivity index (χ1v) is 16.8. The molecular formula is C24H38ClNPPd-. The number of hydrogen-bond acceptors (Lipinski definition) is 1. The van der Waals surface area contributed by atoms with Gasteiger partial charge in [0.05, 0.1) is 0 Å². The zero-order chi connectivity index (χ0) is 21.5. The summed E-state index contributed by atoms with van der Waals surface area (Å²) >= 11 is -1.57. The van der Waals surface area contributed by atoms with Crippen molar-refractivity contribution in [3.8, 4) is 11.1 Å². The van der Waals surface area contributed by atoms with Crippen molar-refractivity contribution in [1.82, 2.24) is 0 Å². The van der Waals surface area contributed by atoms with Crippen LogP contribution in [0, 0.1) is 0 Å². The monoisotopic (exact) mass is 512 g/mol. The van der Waals surface area contributed by atoms with E-state index in [1.54, 1.807) is 0 Å². The van der Waals surface area contributed by atoms with Crippen molar-refractivity contribution in [2.75, 3.05) is 5.73 Å². The molecule has 2 rings (SSSR count).